The third kappa shape index (κ3) is 4.78. The van der Waals surface area contributed by atoms with Crippen LogP contribution in [0.3, 0.4) is 0 Å². The largest absolute Gasteiger partial charge is 0.466 e. The maximum atomic E-state index is 6.57. The van der Waals surface area contributed by atoms with Crippen molar-refractivity contribution in [3.05, 3.63) is 0 Å². The lowest BCUT2D eigenvalue weighted by atomic mass is 11.9. The van der Waals surface area contributed by atoms with Gasteiger partial charge in [0, 0.05) is 0 Å². The zero-order valence-corrected chi connectivity index (χ0v) is 24.1. The molecule has 0 aromatic rings. The van der Waals surface area contributed by atoms with E-state index in [-0.39, 0.29) is 37.1 Å². The summed E-state index contributed by atoms with van der Waals surface area (Å²) in [5, 5.41) is 0. The Balaban J connectivity index is 0.000000276. The van der Waals surface area contributed by atoms with Gasteiger partial charge in [-0.25, -0.2) is 0 Å². The Kier molecular flexibility index (Phi) is 6.86. The highest BCUT2D eigenvalue weighted by Gasteiger charge is 2.61. The maximum Gasteiger partial charge on any atom is 0.191 e. The van der Waals surface area contributed by atoms with Crippen LogP contribution in [-0.4, -0.2) is 68.5 Å². The molecule has 0 aromatic carbocycles. The minimum Gasteiger partial charge on any atom is -0.466 e. The van der Waals surface area contributed by atoms with Gasteiger partial charge in [0.25, 0.3) is 0 Å². The predicted molar refractivity (Wildman–Crippen MR) is 108 cm³/mol. The van der Waals surface area contributed by atoms with Gasteiger partial charge in [0.1, 0.15) is 0 Å². The second-order valence-corrected chi connectivity index (χ2v) is 45.4. The molecule has 12 heteroatoms. The van der Waals surface area contributed by atoms with E-state index in [0.29, 0.717) is 0 Å². The fraction of sp³-hybridized carbons (Fsp3) is 1.00. The smallest absolute Gasteiger partial charge is 0.191 e. The minimum absolute atomic E-state index is 0.0216. The van der Waals surface area contributed by atoms with Gasteiger partial charge >= 0.3 is 0 Å². The van der Waals surface area contributed by atoms with Gasteiger partial charge in [0.05, 0.1) is 0 Å². The molecule has 0 unspecified atom stereocenters. The number of hydrogen-bond donors (Lipinski definition) is 0. The molecule has 0 spiro atoms. The molecule has 2 aliphatic heterocycles. The van der Waals surface area contributed by atoms with E-state index < -0.39 is 31.3 Å². The van der Waals surface area contributed by atoms with Gasteiger partial charge < -0.3 is 16.5 Å². The van der Waals surface area contributed by atoms with Gasteiger partial charge in [-0.2, -0.15) is 0 Å². The van der Waals surface area contributed by atoms with E-state index in [9.17, 15) is 0 Å². The fourth-order valence-electron chi connectivity index (χ4n) is 2.21. The van der Waals surface area contributed by atoms with Crippen molar-refractivity contribution in [2.45, 2.75) is 52.4 Å². The molecule has 2 aliphatic rings. The van der Waals surface area contributed by atoms with E-state index in [4.69, 9.17) is 16.5 Å². The Morgan fingerprint density at radius 3 is 0.800 bits per heavy atom. The van der Waals surface area contributed by atoms with Crippen LogP contribution in [0.2, 0.25) is 52.4 Å². The Morgan fingerprint density at radius 1 is 0.450 bits per heavy atom. The molecular weight excluding hydrogens is 385 g/mol. The predicted octanol–water partition coefficient (Wildman–Crippen LogP) is -0.791. The maximum absolute atomic E-state index is 6.57. The Hall–Kier alpha value is 1.58. The van der Waals surface area contributed by atoms with Gasteiger partial charge in [0.15, 0.2) is 68.5 Å². The van der Waals surface area contributed by atoms with Crippen LogP contribution in [0.15, 0.2) is 0 Å². The highest BCUT2D eigenvalue weighted by atomic mass is 29.4. The van der Waals surface area contributed by atoms with Crippen molar-refractivity contribution in [3.63, 3.8) is 0 Å². The molecule has 4 nitrogen and oxygen atoms in total. The third-order valence-corrected chi connectivity index (χ3v) is 56.0. The SMILES string of the molecule is C[Si]1(C)O[Si](C)(C)[Si](C)(C)O[Si]1(C)C.O1[SiH2][SiH2]O[SiH2][SiH2]1. The standard InChI is InChI=1S/C8H24O2Si4.H8O2Si4/c1-11(2)9-13(5,6)14(7,8)10-12(11,3)4;1-3-5-2-6-4-1/h1-8H3;3-6H2. The van der Waals surface area contributed by atoms with E-state index in [1.54, 1.807) is 0 Å². The average Bonchev–Trinajstić information content (AvgIpc) is 2.27. The lowest BCUT2D eigenvalue weighted by molar-refractivity contribution is 0.490. The molecule has 0 N–H and O–H groups in total. The molecule has 2 heterocycles. The van der Waals surface area contributed by atoms with E-state index in [2.05, 4.69) is 52.4 Å². The first-order chi connectivity index (χ1) is 8.91. The molecule has 120 valence electrons. The quantitative estimate of drug-likeness (QED) is 0.485. The Labute approximate surface area is 137 Å². The van der Waals surface area contributed by atoms with Crippen LogP contribution in [0.4, 0.5) is 0 Å². The highest BCUT2D eigenvalue weighted by Crippen LogP contribution is 2.38. The summed E-state index contributed by atoms with van der Waals surface area (Å²) in [5.41, 5.74) is 0. The topological polar surface area (TPSA) is 36.9 Å². The van der Waals surface area contributed by atoms with Crippen LogP contribution in [0.5, 0.6) is 0 Å². The van der Waals surface area contributed by atoms with E-state index in [1.165, 1.54) is 0 Å². The monoisotopic (exact) mass is 416 g/mol. The summed E-state index contributed by atoms with van der Waals surface area (Å²) in [5.74, 6) is 0. The lowest BCUT2D eigenvalue weighted by Crippen LogP contribution is -2.78. The molecule has 0 radical (unpaired) electrons. The van der Waals surface area contributed by atoms with Crippen LogP contribution in [0.1, 0.15) is 0 Å². The van der Waals surface area contributed by atoms with Crippen molar-refractivity contribution in [2.75, 3.05) is 0 Å². The van der Waals surface area contributed by atoms with Crippen LogP contribution in [-0.2, 0) is 16.5 Å². The van der Waals surface area contributed by atoms with Crippen molar-refractivity contribution >= 4 is 68.5 Å². The van der Waals surface area contributed by atoms with Gasteiger partial charge in [-0.3, -0.25) is 0 Å². The summed E-state index contributed by atoms with van der Waals surface area (Å²) in [4.78, 5) is 0. The second kappa shape index (κ2) is 6.99. The van der Waals surface area contributed by atoms with Gasteiger partial charge in [0.2, 0.25) is 0 Å². The summed E-state index contributed by atoms with van der Waals surface area (Å²) in [7, 11) is -6.03. The zero-order valence-electron chi connectivity index (χ0n) is 14.5. The van der Waals surface area contributed by atoms with Crippen molar-refractivity contribution < 1.29 is 16.5 Å². The molecule has 0 atom stereocenters. The van der Waals surface area contributed by atoms with Crippen LogP contribution in [0.25, 0.3) is 0 Å². The molecule has 20 heavy (non-hydrogen) atoms. The van der Waals surface area contributed by atoms with E-state index in [1.807, 2.05) is 0 Å². The Bertz CT molecular complexity index is 269. The molecule has 2 fully saturated rings. The average molecular weight is 417 g/mol. The summed E-state index contributed by atoms with van der Waals surface area (Å²) in [6.45, 7) is 18.8. The summed E-state index contributed by atoms with van der Waals surface area (Å²) < 4.78 is 23.8. The van der Waals surface area contributed by atoms with Gasteiger partial charge in [-0.05, 0) is 52.4 Å². The van der Waals surface area contributed by atoms with Crippen LogP contribution in [0, 0.1) is 0 Å². The molecule has 0 amide bonds. The fourth-order valence-corrected chi connectivity index (χ4v) is 58.7. The lowest BCUT2D eigenvalue weighted by Gasteiger charge is -2.56. The molecule has 2 rings (SSSR count). The van der Waals surface area contributed by atoms with Crippen molar-refractivity contribution in [2.24, 2.45) is 0 Å². The molecule has 0 aromatic heterocycles. The summed E-state index contributed by atoms with van der Waals surface area (Å²) in [6, 6.07) is 0. The van der Waals surface area contributed by atoms with Gasteiger partial charge in [-0.1, -0.05) is 0 Å². The second-order valence-electron chi connectivity index (χ2n) is 7.47. The van der Waals surface area contributed by atoms with Gasteiger partial charge in [-0.15, -0.1) is 0 Å². The minimum atomic E-state index is -1.53. The first-order valence-corrected chi connectivity index (χ1v) is 31.4. The molecule has 2 saturated heterocycles. The first kappa shape index (κ1) is 19.6. The normalized spacial score (nSPS) is 34.8. The zero-order chi connectivity index (χ0) is 15.7. The Morgan fingerprint density at radius 2 is 0.650 bits per heavy atom. The van der Waals surface area contributed by atoms with E-state index in [0.717, 1.165) is 0 Å². The van der Waals surface area contributed by atoms with Crippen LogP contribution >= 0.6 is 0 Å². The van der Waals surface area contributed by atoms with E-state index >= 15 is 0 Å². The summed E-state index contributed by atoms with van der Waals surface area (Å²) >= 11 is 0. The number of hydrogen-bond acceptors (Lipinski definition) is 4. The molecule has 0 saturated carbocycles. The van der Waals surface area contributed by atoms with Crippen molar-refractivity contribution in [3.8, 4) is 0 Å². The molecular formula is C8H32O4Si8. The molecule has 0 aliphatic carbocycles. The first-order valence-electron chi connectivity index (χ1n) is 7.47. The molecule has 0 bridgehead atoms. The third-order valence-electron chi connectivity index (χ3n) is 4.66. The summed E-state index contributed by atoms with van der Waals surface area (Å²) in [6.07, 6.45) is 0. The highest BCUT2D eigenvalue weighted by molar-refractivity contribution is 7.49. The van der Waals surface area contributed by atoms with Crippen molar-refractivity contribution in [1.82, 2.24) is 0 Å². The van der Waals surface area contributed by atoms with Crippen molar-refractivity contribution in [1.29, 1.82) is 0 Å². The number of rotatable bonds is 0. The van der Waals surface area contributed by atoms with Crippen LogP contribution < -0.4 is 0 Å².